The molecule has 0 radical (unpaired) electrons. The van der Waals surface area contributed by atoms with E-state index in [4.69, 9.17) is 16.7 Å². The van der Waals surface area contributed by atoms with Crippen LogP contribution in [-0.4, -0.2) is 38.7 Å². The number of carbonyl (C=O) groups is 1. The van der Waals surface area contributed by atoms with E-state index in [-0.39, 0.29) is 6.04 Å². The second-order valence-corrected chi connectivity index (χ2v) is 5.16. The van der Waals surface area contributed by atoms with Crippen LogP contribution in [-0.2, 0) is 4.79 Å². The average molecular weight is 293 g/mol. The van der Waals surface area contributed by atoms with Crippen LogP contribution < -0.4 is 5.32 Å². The van der Waals surface area contributed by atoms with Gasteiger partial charge in [0.2, 0.25) is 0 Å². The van der Waals surface area contributed by atoms with Crippen LogP contribution in [0.1, 0.15) is 12.5 Å². The van der Waals surface area contributed by atoms with Gasteiger partial charge < -0.3 is 10.4 Å². The first-order valence-corrected chi connectivity index (χ1v) is 6.66. The van der Waals surface area contributed by atoms with Gasteiger partial charge in [-0.25, -0.2) is 4.68 Å². The Labute approximate surface area is 120 Å². The van der Waals surface area contributed by atoms with Gasteiger partial charge in [-0.3, -0.25) is 4.79 Å². The van der Waals surface area contributed by atoms with Crippen LogP contribution in [0.25, 0.3) is 11.3 Å². The van der Waals surface area contributed by atoms with Crippen molar-refractivity contribution >= 4 is 17.6 Å². The molecule has 3 rings (SSSR count). The lowest BCUT2D eigenvalue weighted by Gasteiger charge is -2.07. The molecule has 0 amide bonds. The van der Waals surface area contributed by atoms with Gasteiger partial charge in [0.25, 0.3) is 0 Å². The van der Waals surface area contributed by atoms with Gasteiger partial charge in [-0.15, -0.1) is 5.10 Å². The molecule has 1 aromatic heterocycles. The molecule has 2 aromatic rings. The zero-order valence-electron chi connectivity index (χ0n) is 10.5. The molecule has 0 bridgehead atoms. The molecule has 2 N–H and O–H groups in total. The van der Waals surface area contributed by atoms with E-state index in [9.17, 15) is 4.79 Å². The summed E-state index contributed by atoms with van der Waals surface area (Å²) >= 11 is 6.13. The number of aromatic nitrogens is 3. The van der Waals surface area contributed by atoms with Crippen molar-refractivity contribution < 1.29 is 9.90 Å². The average Bonchev–Trinajstić information content (AvgIpc) is 3.08. The molecule has 0 aliphatic carbocycles. The summed E-state index contributed by atoms with van der Waals surface area (Å²) in [6.07, 6.45) is 2.30. The van der Waals surface area contributed by atoms with Crippen LogP contribution >= 0.6 is 11.6 Å². The van der Waals surface area contributed by atoms with E-state index in [0.717, 1.165) is 5.56 Å². The highest BCUT2D eigenvalue weighted by Crippen LogP contribution is 2.27. The topological polar surface area (TPSA) is 80.0 Å². The Hall–Kier alpha value is -1.92. The summed E-state index contributed by atoms with van der Waals surface area (Å²) in [7, 11) is 0. The summed E-state index contributed by atoms with van der Waals surface area (Å²) < 4.78 is 1.70. The first kappa shape index (κ1) is 13.1. The fraction of sp³-hybridized carbons (Fsp3) is 0.308. The van der Waals surface area contributed by atoms with E-state index < -0.39 is 12.0 Å². The molecule has 7 heteroatoms. The first-order valence-electron chi connectivity index (χ1n) is 6.28. The molecular formula is C13H13ClN4O2. The van der Waals surface area contributed by atoms with Gasteiger partial charge in [-0.05, 0) is 12.5 Å². The maximum absolute atomic E-state index is 10.9. The van der Waals surface area contributed by atoms with Crippen LogP contribution in [0, 0.1) is 0 Å². The Kier molecular flexibility index (Phi) is 3.42. The highest BCUT2D eigenvalue weighted by Gasteiger charge is 2.30. The summed E-state index contributed by atoms with van der Waals surface area (Å²) in [4.78, 5) is 10.9. The Morgan fingerprint density at radius 2 is 2.25 bits per heavy atom. The molecular weight excluding hydrogens is 280 g/mol. The summed E-state index contributed by atoms with van der Waals surface area (Å²) in [6, 6.07) is 6.90. The number of rotatable bonds is 3. The normalized spacial score (nSPS) is 22.1. The zero-order chi connectivity index (χ0) is 14.1. The molecule has 1 fully saturated rings. The highest BCUT2D eigenvalue weighted by atomic mass is 35.5. The van der Waals surface area contributed by atoms with Gasteiger partial charge in [-0.2, -0.15) is 0 Å². The predicted molar refractivity (Wildman–Crippen MR) is 73.5 cm³/mol. The minimum atomic E-state index is -0.834. The maximum atomic E-state index is 10.9. The van der Waals surface area contributed by atoms with E-state index in [1.54, 1.807) is 16.9 Å². The second kappa shape index (κ2) is 5.22. The van der Waals surface area contributed by atoms with Crippen molar-refractivity contribution in [2.24, 2.45) is 0 Å². The Morgan fingerprint density at radius 3 is 2.95 bits per heavy atom. The molecule has 20 heavy (non-hydrogen) atoms. The molecule has 1 aliphatic rings. The monoisotopic (exact) mass is 292 g/mol. The number of nitrogens with zero attached hydrogens (tertiary/aromatic N) is 3. The minimum absolute atomic E-state index is 0.000150. The van der Waals surface area contributed by atoms with E-state index in [1.165, 1.54) is 0 Å². The van der Waals surface area contributed by atoms with E-state index >= 15 is 0 Å². The number of aliphatic carboxylic acids is 1. The molecule has 0 unspecified atom stereocenters. The Balaban J connectivity index is 1.81. The lowest BCUT2D eigenvalue weighted by Crippen LogP contribution is -2.29. The third kappa shape index (κ3) is 2.39. The van der Waals surface area contributed by atoms with Crippen molar-refractivity contribution in [3.05, 3.63) is 35.5 Å². The van der Waals surface area contributed by atoms with Crippen molar-refractivity contribution in [2.45, 2.75) is 18.5 Å². The molecule has 1 aromatic carbocycles. The number of halogens is 1. The minimum Gasteiger partial charge on any atom is -0.480 e. The molecule has 6 nitrogen and oxygen atoms in total. The first-order chi connectivity index (χ1) is 9.65. The van der Waals surface area contributed by atoms with Gasteiger partial charge in [0, 0.05) is 12.1 Å². The molecule has 104 valence electrons. The molecule has 2 heterocycles. The largest absolute Gasteiger partial charge is 0.480 e. The smallest absolute Gasteiger partial charge is 0.320 e. The lowest BCUT2D eigenvalue weighted by atomic mass is 10.1. The zero-order valence-corrected chi connectivity index (χ0v) is 11.3. The van der Waals surface area contributed by atoms with E-state index in [2.05, 4.69) is 15.6 Å². The van der Waals surface area contributed by atoms with Crippen molar-refractivity contribution in [2.75, 3.05) is 6.54 Å². The fourth-order valence-electron chi connectivity index (χ4n) is 2.35. The number of hydrogen-bond donors (Lipinski definition) is 2. The van der Waals surface area contributed by atoms with Gasteiger partial charge in [-0.1, -0.05) is 35.0 Å². The summed E-state index contributed by atoms with van der Waals surface area (Å²) in [5.74, 6) is -0.834. The lowest BCUT2D eigenvalue weighted by molar-refractivity contribution is -0.139. The molecule has 2 atom stereocenters. The van der Waals surface area contributed by atoms with E-state index in [0.29, 0.717) is 23.7 Å². The number of nitrogens with one attached hydrogen (secondary N) is 1. The highest BCUT2D eigenvalue weighted by molar-refractivity contribution is 6.33. The van der Waals surface area contributed by atoms with Gasteiger partial charge >= 0.3 is 5.97 Å². The maximum Gasteiger partial charge on any atom is 0.320 e. The van der Waals surface area contributed by atoms with Crippen LogP contribution in [0.5, 0.6) is 0 Å². The Morgan fingerprint density at radius 1 is 1.45 bits per heavy atom. The van der Waals surface area contributed by atoms with Crippen LogP contribution in [0.3, 0.4) is 0 Å². The quantitative estimate of drug-likeness (QED) is 0.898. The third-order valence-corrected chi connectivity index (χ3v) is 3.77. The van der Waals surface area contributed by atoms with Crippen molar-refractivity contribution in [1.82, 2.24) is 20.3 Å². The fourth-order valence-corrected chi connectivity index (χ4v) is 2.59. The molecule has 1 aliphatic heterocycles. The molecule has 1 saturated heterocycles. The van der Waals surface area contributed by atoms with Crippen molar-refractivity contribution in [3.8, 4) is 11.3 Å². The van der Waals surface area contributed by atoms with Gasteiger partial charge in [0.15, 0.2) is 0 Å². The van der Waals surface area contributed by atoms with Crippen LogP contribution in [0.15, 0.2) is 30.5 Å². The summed E-state index contributed by atoms with van der Waals surface area (Å²) in [6.45, 7) is 0.572. The predicted octanol–water partition coefficient (Wildman–Crippen LogP) is 1.59. The standard InChI is InChI=1S/C13H13ClN4O2/c14-10-4-2-1-3-9(10)12-7-18(17-16-12)8-5-11(13(19)20)15-6-8/h1-4,7-8,11,15H,5-6H2,(H,19,20)/t8-,11-/m0/s1. The van der Waals surface area contributed by atoms with Gasteiger partial charge in [0.05, 0.1) is 17.3 Å². The number of carboxylic acids is 1. The molecule has 0 spiro atoms. The summed E-state index contributed by atoms with van der Waals surface area (Å²) in [5.41, 5.74) is 1.51. The Bertz CT molecular complexity index is 643. The van der Waals surface area contributed by atoms with Gasteiger partial charge in [0.1, 0.15) is 11.7 Å². The number of carboxylic acid groups (broad SMARTS) is 1. The van der Waals surface area contributed by atoms with Crippen LogP contribution in [0.4, 0.5) is 0 Å². The van der Waals surface area contributed by atoms with Crippen LogP contribution in [0.2, 0.25) is 5.02 Å². The van der Waals surface area contributed by atoms with Crippen molar-refractivity contribution in [1.29, 1.82) is 0 Å². The number of hydrogen-bond acceptors (Lipinski definition) is 4. The SMILES string of the molecule is O=C(O)[C@@H]1C[C@H](n2cc(-c3ccccc3Cl)nn2)CN1. The second-order valence-electron chi connectivity index (χ2n) is 4.75. The van der Waals surface area contributed by atoms with Crippen molar-refractivity contribution in [3.63, 3.8) is 0 Å². The molecule has 0 saturated carbocycles. The summed E-state index contributed by atoms with van der Waals surface area (Å²) in [5, 5.41) is 20.7. The van der Waals surface area contributed by atoms with E-state index in [1.807, 2.05) is 18.2 Å². The number of benzene rings is 1. The third-order valence-electron chi connectivity index (χ3n) is 3.44.